The van der Waals surface area contributed by atoms with Gasteiger partial charge in [0, 0.05) is 30.9 Å². The monoisotopic (exact) mass is 475 g/mol. The van der Waals surface area contributed by atoms with Crippen LogP contribution in [-0.4, -0.2) is 50.8 Å². The van der Waals surface area contributed by atoms with Gasteiger partial charge >= 0.3 is 0 Å². The Morgan fingerprint density at radius 1 is 1.24 bits per heavy atom. The zero-order valence-corrected chi connectivity index (χ0v) is 19.3. The lowest BCUT2D eigenvalue weighted by atomic mass is 9.88. The van der Waals surface area contributed by atoms with E-state index in [0.717, 1.165) is 10.5 Å². The van der Waals surface area contributed by atoms with Crippen LogP contribution in [-0.2, 0) is 0 Å². The fraction of sp³-hybridized carbons (Fsp3) is 0.391. The number of hydrogen-bond acceptors (Lipinski definition) is 6. The first-order valence-corrected chi connectivity index (χ1v) is 11.4. The molecule has 1 aliphatic heterocycles. The molecular weight excluding hydrogens is 451 g/mol. The molecule has 0 bridgehead atoms. The Hall–Kier alpha value is -3.01. The second-order valence-corrected chi connectivity index (χ2v) is 9.60. The average molecular weight is 476 g/mol. The van der Waals surface area contributed by atoms with Gasteiger partial charge in [0.25, 0.3) is 11.8 Å². The maximum atomic E-state index is 14.5. The van der Waals surface area contributed by atoms with Gasteiger partial charge in [-0.15, -0.1) is 11.3 Å². The third-order valence-corrected chi connectivity index (χ3v) is 6.65. The number of anilines is 1. The van der Waals surface area contributed by atoms with Gasteiger partial charge in [-0.1, -0.05) is 25.1 Å². The van der Waals surface area contributed by atoms with Crippen molar-refractivity contribution in [2.24, 2.45) is 5.92 Å². The highest BCUT2D eigenvalue weighted by atomic mass is 32.1. The van der Waals surface area contributed by atoms with Crippen LogP contribution >= 0.6 is 11.3 Å². The van der Waals surface area contributed by atoms with E-state index in [9.17, 15) is 18.0 Å². The maximum Gasteiger partial charge on any atom is 0.274 e. The number of nitrogens with zero attached hydrogens (tertiary/aromatic N) is 4. The Kier molecular flexibility index (Phi) is 6.38. The molecule has 4 rings (SSSR count). The molecule has 1 amide bonds. The number of aromatic nitrogens is 3. The summed E-state index contributed by atoms with van der Waals surface area (Å²) in [6, 6.07) is 5.52. The van der Waals surface area contributed by atoms with E-state index in [1.165, 1.54) is 17.4 Å². The molecule has 0 radical (unpaired) electrons. The molecule has 33 heavy (non-hydrogen) atoms. The highest BCUT2D eigenvalue weighted by molar-refractivity contribution is 7.15. The fourth-order valence-electron chi connectivity index (χ4n) is 4.09. The largest absolute Gasteiger partial charge is 0.352 e. The number of carbonyl (C=O) groups is 1. The number of alkyl halides is 2. The number of likely N-dealkylation sites (tertiary alicyclic amines) is 1. The number of hydrogen-bond donors (Lipinski definition) is 1. The average Bonchev–Trinajstić information content (AvgIpc) is 3.14. The summed E-state index contributed by atoms with van der Waals surface area (Å²) in [5.41, 5.74) is 1.11. The molecule has 1 aliphatic rings. The Morgan fingerprint density at radius 3 is 2.64 bits per heavy atom. The minimum Gasteiger partial charge on any atom is -0.352 e. The Labute approximate surface area is 193 Å². The van der Waals surface area contributed by atoms with Gasteiger partial charge in [-0.3, -0.25) is 4.79 Å². The molecule has 6 nitrogen and oxygen atoms in total. The molecule has 2 aromatic heterocycles. The van der Waals surface area contributed by atoms with E-state index in [1.807, 2.05) is 6.92 Å². The lowest BCUT2D eigenvalue weighted by Crippen LogP contribution is -2.57. The van der Waals surface area contributed by atoms with Crippen LogP contribution in [0.4, 0.5) is 19.1 Å². The van der Waals surface area contributed by atoms with Crippen molar-refractivity contribution in [2.75, 3.05) is 18.4 Å². The molecular formula is C23H24F3N5OS. The summed E-state index contributed by atoms with van der Waals surface area (Å²) in [6.45, 7) is 4.72. The third-order valence-electron chi connectivity index (χ3n) is 5.65. The van der Waals surface area contributed by atoms with E-state index in [4.69, 9.17) is 0 Å². The van der Waals surface area contributed by atoms with Gasteiger partial charge < -0.3 is 10.2 Å². The number of nitrogens with one attached hydrogen (secondary N) is 1. The van der Waals surface area contributed by atoms with Gasteiger partial charge in [0.05, 0.1) is 22.5 Å². The molecule has 3 aromatic rings. The van der Waals surface area contributed by atoms with E-state index in [1.54, 1.807) is 44.4 Å². The van der Waals surface area contributed by atoms with Crippen molar-refractivity contribution in [3.63, 3.8) is 0 Å². The van der Waals surface area contributed by atoms with Gasteiger partial charge in [-0.05, 0) is 31.4 Å². The van der Waals surface area contributed by atoms with Crippen LogP contribution in [0.2, 0.25) is 0 Å². The van der Waals surface area contributed by atoms with Crippen molar-refractivity contribution in [3.8, 4) is 10.4 Å². The smallest absolute Gasteiger partial charge is 0.274 e. The summed E-state index contributed by atoms with van der Waals surface area (Å²) in [6.07, 6.45) is 2.96. The third kappa shape index (κ3) is 5.00. The number of halogens is 3. The quantitative estimate of drug-likeness (QED) is 0.565. The second kappa shape index (κ2) is 9.09. The fourth-order valence-corrected chi connectivity index (χ4v) is 5.03. The summed E-state index contributed by atoms with van der Waals surface area (Å²) < 4.78 is 43.6. The standard InChI is InChI=1S/C23H24F3N5OS/c1-13-9-27-22(28-10-13)29-11-18-14(2)8-23(25,26)12-31(18)21(32)19-20(33-15(3)30-19)16-6-4-5-7-17(16)24/h4-7,9-10,14,18H,8,11-12H2,1-3H3,(H,27,28,29)/t14-,18?/m1/s1. The van der Waals surface area contributed by atoms with Crippen molar-refractivity contribution < 1.29 is 18.0 Å². The predicted molar refractivity (Wildman–Crippen MR) is 121 cm³/mol. The van der Waals surface area contributed by atoms with E-state index in [0.29, 0.717) is 15.8 Å². The van der Waals surface area contributed by atoms with Gasteiger partial charge in [0.1, 0.15) is 11.5 Å². The number of amides is 1. The van der Waals surface area contributed by atoms with E-state index in [2.05, 4.69) is 20.3 Å². The highest BCUT2D eigenvalue weighted by Crippen LogP contribution is 2.38. The van der Waals surface area contributed by atoms with Gasteiger partial charge in [-0.25, -0.2) is 28.1 Å². The van der Waals surface area contributed by atoms with E-state index < -0.39 is 36.2 Å². The molecule has 1 unspecified atom stereocenters. The Morgan fingerprint density at radius 2 is 1.94 bits per heavy atom. The highest BCUT2D eigenvalue weighted by Gasteiger charge is 2.46. The molecule has 1 fully saturated rings. The molecule has 0 saturated carbocycles. The SMILES string of the molecule is Cc1cnc(NCC2[C@H](C)CC(F)(F)CN2C(=O)c2nc(C)sc2-c2ccccc2F)nc1. The van der Waals surface area contributed by atoms with E-state index >= 15 is 0 Å². The van der Waals surface area contributed by atoms with Crippen LogP contribution in [0.1, 0.15) is 34.4 Å². The lowest BCUT2D eigenvalue weighted by Gasteiger charge is -2.43. The molecule has 2 atom stereocenters. The molecule has 1 N–H and O–H groups in total. The molecule has 0 aliphatic carbocycles. The molecule has 1 saturated heterocycles. The van der Waals surface area contributed by atoms with Crippen LogP contribution in [0.5, 0.6) is 0 Å². The number of thiazole rings is 1. The topological polar surface area (TPSA) is 71.0 Å². The number of carbonyl (C=O) groups excluding carboxylic acids is 1. The Balaban J connectivity index is 1.66. The summed E-state index contributed by atoms with van der Waals surface area (Å²) >= 11 is 1.17. The zero-order valence-electron chi connectivity index (χ0n) is 18.5. The number of piperidine rings is 1. The summed E-state index contributed by atoms with van der Waals surface area (Å²) in [5.74, 6) is -4.31. The van der Waals surface area contributed by atoms with Gasteiger partial charge in [0.2, 0.25) is 5.95 Å². The zero-order chi connectivity index (χ0) is 23.8. The molecule has 10 heteroatoms. The van der Waals surface area contributed by atoms with Crippen molar-refractivity contribution >= 4 is 23.2 Å². The maximum absolute atomic E-state index is 14.5. The normalized spacial score (nSPS) is 20.0. The van der Waals surface area contributed by atoms with Gasteiger partial charge in [0.15, 0.2) is 0 Å². The Bertz CT molecular complexity index is 1150. The summed E-state index contributed by atoms with van der Waals surface area (Å²) in [5, 5.41) is 3.61. The van der Waals surface area contributed by atoms with Crippen molar-refractivity contribution in [1.29, 1.82) is 0 Å². The van der Waals surface area contributed by atoms with E-state index in [-0.39, 0.29) is 24.2 Å². The predicted octanol–water partition coefficient (Wildman–Crippen LogP) is 4.95. The van der Waals surface area contributed by atoms with Crippen molar-refractivity contribution in [2.45, 2.75) is 39.2 Å². The number of rotatable bonds is 5. The lowest BCUT2D eigenvalue weighted by molar-refractivity contribution is -0.0898. The number of benzene rings is 1. The second-order valence-electron chi connectivity index (χ2n) is 8.39. The van der Waals surface area contributed by atoms with Gasteiger partial charge in [-0.2, -0.15) is 0 Å². The first-order valence-electron chi connectivity index (χ1n) is 10.6. The molecule has 1 aromatic carbocycles. The van der Waals surface area contributed by atoms with Crippen LogP contribution in [0.25, 0.3) is 10.4 Å². The minimum absolute atomic E-state index is 0.0101. The van der Waals surface area contributed by atoms with Crippen LogP contribution in [0.15, 0.2) is 36.7 Å². The number of aryl methyl sites for hydroxylation is 2. The van der Waals surface area contributed by atoms with Crippen molar-refractivity contribution in [3.05, 3.63) is 58.7 Å². The molecule has 0 spiro atoms. The van der Waals surface area contributed by atoms with Crippen LogP contribution in [0.3, 0.4) is 0 Å². The van der Waals surface area contributed by atoms with Crippen LogP contribution < -0.4 is 5.32 Å². The first-order chi connectivity index (χ1) is 15.6. The summed E-state index contributed by atoms with van der Waals surface area (Å²) in [7, 11) is 0. The molecule has 3 heterocycles. The first kappa shape index (κ1) is 23.2. The van der Waals surface area contributed by atoms with Crippen LogP contribution in [0, 0.1) is 25.6 Å². The van der Waals surface area contributed by atoms with Crippen molar-refractivity contribution in [1.82, 2.24) is 19.9 Å². The molecule has 174 valence electrons. The summed E-state index contributed by atoms with van der Waals surface area (Å²) in [4.78, 5) is 27.8. The minimum atomic E-state index is -3.03.